The minimum absolute atomic E-state index is 0.00486. The predicted molar refractivity (Wildman–Crippen MR) is 126 cm³/mol. The van der Waals surface area contributed by atoms with E-state index in [1.54, 1.807) is 48.5 Å². The monoisotopic (exact) mass is 471 g/mol. The van der Waals surface area contributed by atoms with E-state index in [0.29, 0.717) is 40.4 Å². The van der Waals surface area contributed by atoms with Gasteiger partial charge in [-0.3, -0.25) is 15.6 Å². The van der Waals surface area contributed by atoms with E-state index in [-0.39, 0.29) is 17.3 Å². The molecule has 12 heteroatoms. The van der Waals surface area contributed by atoms with Crippen molar-refractivity contribution in [1.82, 2.24) is 36.2 Å². The molecule has 0 aliphatic carbocycles. The summed E-state index contributed by atoms with van der Waals surface area (Å²) in [4.78, 5) is 13.1. The molecule has 0 saturated heterocycles. The average Bonchev–Trinajstić information content (AvgIpc) is 3.52. The van der Waals surface area contributed by atoms with Gasteiger partial charge in [0, 0.05) is 5.56 Å². The van der Waals surface area contributed by atoms with Crippen LogP contribution in [0, 0.1) is 11.3 Å². The SMILES string of the molecule is C=C(NNC(=O)c1nnn(-c2nonc2N)c1-c1ccc(OCCC)cc1)c1ccc(C#N)cc1. The summed E-state index contributed by atoms with van der Waals surface area (Å²) < 4.78 is 11.6. The number of nitrogens with zero attached hydrogens (tertiary/aromatic N) is 6. The highest BCUT2D eigenvalue weighted by molar-refractivity contribution is 5.98. The Balaban J connectivity index is 1.61. The lowest BCUT2D eigenvalue weighted by molar-refractivity contribution is 0.0938. The van der Waals surface area contributed by atoms with Gasteiger partial charge in [0.05, 0.1) is 23.9 Å². The second kappa shape index (κ2) is 10.2. The third-order valence-electron chi connectivity index (χ3n) is 4.87. The molecule has 12 nitrogen and oxygen atoms in total. The molecule has 0 aliphatic rings. The number of hydrogen-bond donors (Lipinski definition) is 3. The first-order chi connectivity index (χ1) is 17.0. The zero-order valence-corrected chi connectivity index (χ0v) is 18.7. The normalized spacial score (nSPS) is 10.4. The lowest BCUT2D eigenvalue weighted by Crippen LogP contribution is -2.36. The van der Waals surface area contributed by atoms with Crippen molar-refractivity contribution in [2.45, 2.75) is 13.3 Å². The number of nitriles is 1. The van der Waals surface area contributed by atoms with Gasteiger partial charge in [0.15, 0.2) is 5.69 Å². The Morgan fingerprint density at radius 2 is 1.91 bits per heavy atom. The topological polar surface area (TPSA) is 170 Å². The van der Waals surface area contributed by atoms with Crippen LogP contribution < -0.4 is 21.3 Å². The van der Waals surface area contributed by atoms with Crippen LogP contribution in [0.5, 0.6) is 5.75 Å². The average molecular weight is 471 g/mol. The van der Waals surface area contributed by atoms with E-state index in [1.165, 1.54) is 4.68 Å². The number of carbonyl (C=O) groups excluding carboxylic acids is 1. The van der Waals surface area contributed by atoms with E-state index in [2.05, 4.69) is 42.7 Å². The molecule has 35 heavy (non-hydrogen) atoms. The Morgan fingerprint density at radius 1 is 1.17 bits per heavy atom. The maximum atomic E-state index is 13.1. The summed E-state index contributed by atoms with van der Waals surface area (Å²) in [6.07, 6.45) is 0.877. The summed E-state index contributed by atoms with van der Waals surface area (Å²) in [7, 11) is 0. The molecule has 0 spiro atoms. The summed E-state index contributed by atoms with van der Waals surface area (Å²) in [5, 5.41) is 24.4. The summed E-state index contributed by atoms with van der Waals surface area (Å²) >= 11 is 0. The number of nitrogens with two attached hydrogens (primary N) is 1. The molecule has 0 atom stereocenters. The van der Waals surface area contributed by atoms with Gasteiger partial charge in [0.25, 0.3) is 5.91 Å². The standard InChI is InChI=1S/C23H21N9O3/c1-3-12-34-18-10-8-17(9-11-18)20-19(27-31-32(20)22-21(25)29-35-30-22)23(33)28-26-14(2)16-6-4-15(13-24)5-7-16/h4-11,26H,2-3,12H2,1H3,(H2,25,29)(H,28,33). The number of rotatable bonds is 9. The molecule has 2 aromatic heterocycles. The van der Waals surface area contributed by atoms with E-state index in [9.17, 15) is 4.79 Å². The summed E-state index contributed by atoms with van der Waals surface area (Å²) in [5.74, 6) is 0.178. The Hall–Kier alpha value is -5.18. The van der Waals surface area contributed by atoms with Gasteiger partial charge in [-0.15, -0.1) is 5.10 Å². The molecule has 0 bridgehead atoms. The van der Waals surface area contributed by atoms with Crippen LogP contribution in [0.3, 0.4) is 0 Å². The molecule has 4 aromatic rings. The quantitative estimate of drug-likeness (QED) is 0.308. The van der Waals surface area contributed by atoms with Crippen LogP contribution in [-0.2, 0) is 0 Å². The van der Waals surface area contributed by atoms with E-state index >= 15 is 0 Å². The van der Waals surface area contributed by atoms with Crippen LogP contribution in [0.1, 0.15) is 35.0 Å². The first kappa shape index (κ1) is 23.0. The van der Waals surface area contributed by atoms with Crippen molar-refractivity contribution in [1.29, 1.82) is 5.26 Å². The smallest absolute Gasteiger partial charge is 0.292 e. The maximum absolute atomic E-state index is 13.1. The summed E-state index contributed by atoms with van der Waals surface area (Å²) in [6.45, 7) is 6.51. The molecule has 0 fully saturated rings. The molecular weight excluding hydrogens is 450 g/mol. The Labute approximate surface area is 199 Å². The Morgan fingerprint density at radius 3 is 2.54 bits per heavy atom. The molecule has 2 heterocycles. The van der Waals surface area contributed by atoms with Crippen molar-refractivity contribution in [2.75, 3.05) is 12.3 Å². The van der Waals surface area contributed by atoms with Crippen molar-refractivity contribution in [2.24, 2.45) is 0 Å². The van der Waals surface area contributed by atoms with Crippen molar-refractivity contribution < 1.29 is 14.2 Å². The van der Waals surface area contributed by atoms with Crippen molar-refractivity contribution >= 4 is 17.4 Å². The van der Waals surface area contributed by atoms with E-state index < -0.39 is 5.91 Å². The number of nitrogen functional groups attached to an aromatic ring is 1. The maximum Gasteiger partial charge on any atom is 0.292 e. The zero-order chi connectivity index (χ0) is 24.8. The molecule has 0 aliphatic heterocycles. The fraction of sp³-hybridized carbons (Fsp3) is 0.130. The van der Waals surface area contributed by atoms with Crippen LogP contribution >= 0.6 is 0 Å². The number of carbonyl (C=O) groups is 1. The third-order valence-corrected chi connectivity index (χ3v) is 4.87. The molecule has 2 aromatic carbocycles. The first-order valence-corrected chi connectivity index (χ1v) is 10.5. The van der Waals surface area contributed by atoms with E-state index in [1.807, 2.05) is 13.0 Å². The number of benzene rings is 2. The summed E-state index contributed by atoms with van der Waals surface area (Å²) in [6, 6.07) is 15.9. The number of amides is 1. The fourth-order valence-corrected chi connectivity index (χ4v) is 3.12. The summed E-state index contributed by atoms with van der Waals surface area (Å²) in [5.41, 5.74) is 13.7. The third kappa shape index (κ3) is 4.93. The lowest BCUT2D eigenvalue weighted by atomic mass is 10.1. The predicted octanol–water partition coefficient (Wildman–Crippen LogP) is 2.47. The Kier molecular flexibility index (Phi) is 6.68. The van der Waals surface area contributed by atoms with Crippen LogP contribution in [0.4, 0.5) is 5.82 Å². The minimum atomic E-state index is -0.581. The van der Waals surface area contributed by atoms with Gasteiger partial charge in [-0.25, -0.2) is 4.63 Å². The Bertz CT molecular complexity index is 1380. The lowest BCUT2D eigenvalue weighted by Gasteiger charge is -2.12. The minimum Gasteiger partial charge on any atom is -0.494 e. The largest absolute Gasteiger partial charge is 0.494 e. The highest BCUT2D eigenvalue weighted by atomic mass is 16.6. The van der Waals surface area contributed by atoms with Crippen LogP contribution in [0.2, 0.25) is 0 Å². The van der Waals surface area contributed by atoms with Crippen LogP contribution in [0.15, 0.2) is 59.7 Å². The number of anilines is 1. The first-order valence-electron chi connectivity index (χ1n) is 10.5. The number of ether oxygens (including phenoxy) is 1. The van der Waals surface area contributed by atoms with Crippen molar-refractivity contribution in [3.63, 3.8) is 0 Å². The molecule has 0 radical (unpaired) electrons. The van der Waals surface area contributed by atoms with Gasteiger partial charge < -0.3 is 10.5 Å². The van der Waals surface area contributed by atoms with Crippen molar-refractivity contribution in [3.8, 4) is 28.9 Å². The number of hydrazine groups is 1. The molecule has 4 rings (SSSR count). The molecule has 0 unspecified atom stereocenters. The molecule has 176 valence electrons. The van der Waals surface area contributed by atoms with Gasteiger partial charge in [-0.1, -0.05) is 30.8 Å². The molecule has 1 amide bonds. The molecule has 0 saturated carbocycles. The highest BCUT2D eigenvalue weighted by Gasteiger charge is 2.25. The van der Waals surface area contributed by atoms with Gasteiger partial charge in [0.1, 0.15) is 11.4 Å². The van der Waals surface area contributed by atoms with Gasteiger partial charge in [0.2, 0.25) is 11.6 Å². The second-order valence-corrected chi connectivity index (χ2v) is 7.29. The number of nitrogens with one attached hydrogen (secondary N) is 2. The zero-order valence-electron chi connectivity index (χ0n) is 18.7. The second-order valence-electron chi connectivity index (χ2n) is 7.29. The van der Waals surface area contributed by atoms with Gasteiger partial charge >= 0.3 is 0 Å². The van der Waals surface area contributed by atoms with Crippen LogP contribution in [0.25, 0.3) is 22.8 Å². The van der Waals surface area contributed by atoms with Gasteiger partial charge in [-0.05, 0) is 58.7 Å². The highest BCUT2D eigenvalue weighted by Crippen LogP contribution is 2.28. The van der Waals surface area contributed by atoms with Gasteiger partial charge in [-0.2, -0.15) is 9.94 Å². The van der Waals surface area contributed by atoms with E-state index in [0.717, 1.165) is 6.42 Å². The fourth-order valence-electron chi connectivity index (χ4n) is 3.12. The number of aromatic nitrogens is 5. The van der Waals surface area contributed by atoms with Crippen LogP contribution in [-0.4, -0.2) is 37.8 Å². The van der Waals surface area contributed by atoms with Crippen molar-refractivity contribution in [3.05, 3.63) is 71.9 Å². The number of hydrogen-bond acceptors (Lipinski definition) is 10. The molecule has 4 N–H and O–H groups in total. The molecular formula is C23H21N9O3. The van der Waals surface area contributed by atoms with E-state index in [4.69, 9.17) is 15.7 Å².